The summed E-state index contributed by atoms with van der Waals surface area (Å²) in [7, 11) is 4.69. The van der Waals surface area contributed by atoms with Crippen molar-refractivity contribution in [3.63, 3.8) is 0 Å². The minimum atomic E-state index is -0.720. The number of esters is 1. The number of phenolic OH excluding ortho intramolecular Hbond substituents is 1. The van der Waals surface area contributed by atoms with Gasteiger partial charge in [-0.1, -0.05) is 18.2 Å². The van der Waals surface area contributed by atoms with E-state index in [9.17, 15) is 9.90 Å². The number of carbonyl (C=O) groups excluding carboxylic acids is 1. The second-order valence-electron chi connectivity index (χ2n) is 6.50. The standard InChI is InChI=1S/C22H24O7/c1-13(23)28-22-16-10-14(6-5-9-25-2)11-17(24)21(16)29-20(22)15-7-8-18(26-3)19(12-15)27-4/h5-8,10-12,20,22,24H,9H2,1-4H3/b6-5+/t20-,22+/m1/s1. The number of aromatic hydroxyl groups is 1. The van der Waals surface area contributed by atoms with E-state index in [1.807, 2.05) is 24.3 Å². The normalized spacial score (nSPS) is 17.7. The van der Waals surface area contributed by atoms with Gasteiger partial charge in [0, 0.05) is 25.2 Å². The number of methoxy groups -OCH3 is 3. The van der Waals surface area contributed by atoms with Crippen molar-refractivity contribution in [1.29, 1.82) is 0 Å². The van der Waals surface area contributed by atoms with E-state index in [1.54, 1.807) is 39.5 Å². The number of benzene rings is 2. The lowest BCUT2D eigenvalue weighted by molar-refractivity contribution is -0.150. The second kappa shape index (κ2) is 8.87. The van der Waals surface area contributed by atoms with E-state index in [1.165, 1.54) is 6.92 Å². The molecule has 7 heteroatoms. The molecule has 0 saturated heterocycles. The van der Waals surface area contributed by atoms with Crippen LogP contribution in [0.2, 0.25) is 0 Å². The van der Waals surface area contributed by atoms with E-state index in [0.29, 0.717) is 29.4 Å². The van der Waals surface area contributed by atoms with Gasteiger partial charge in [0.15, 0.2) is 35.2 Å². The van der Waals surface area contributed by atoms with E-state index in [2.05, 4.69) is 0 Å². The topological polar surface area (TPSA) is 83.5 Å². The first-order valence-electron chi connectivity index (χ1n) is 9.06. The van der Waals surface area contributed by atoms with Gasteiger partial charge in [0.1, 0.15) is 0 Å². The Bertz CT molecular complexity index is 920. The Balaban J connectivity index is 2.03. The molecule has 154 valence electrons. The van der Waals surface area contributed by atoms with Crippen LogP contribution in [0.15, 0.2) is 36.4 Å². The van der Waals surface area contributed by atoms with Gasteiger partial charge < -0.3 is 28.8 Å². The third-order valence-electron chi connectivity index (χ3n) is 4.55. The minimum Gasteiger partial charge on any atom is -0.504 e. The number of carbonyl (C=O) groups is 1. The number of ether oxygens (including phenoxy) is 5. The van der Waals surface area contributed by atoms with Crippen molar-refractivity contribution < 1.29 is 33.6 Å². The molecule has 0 radical (unpaired) electrons. The highest BCUT2D eigenvalue weighted by Gasteiger charge is 2.40. The number of rotatable bonds is 7. The summed E-state index contributed by atoms with van der Waals surface area (Å²) in [5.74, 6) is 0.916. The minimum absolute atomic E-state index is 0.0281. The maximum absolute atomic E-state index is 11.8. The Morgan fingerprint density at radius 1 is 1.14 bits per heavy atom. The van der Waals surface area contributed by atoms with Crippen LogP contribution in [-0.2, 0) is 14.3 Å². The molecule has 0 amide bonds. The summed E-state index contributed by atoms with van der Waals surface area (Å²) in [6.45, 7) is 1.78. The van der Waals surface area contributed by atoms with Gasteiger partial charge in [-0.25, -0.2) is 0 Å². The molecule has 2 aromatic carbocycles. The molecule has 0 bridgehead atoms. The third-order valence-corrected chi connectivity index (χ3v) is 4.55. The average molecular weight is 400 g/mol. The monoisotopic (exact) mass is 400 g/mol. The second-order valence-corrected chi connectivity index (χ2v) is 6.50. The molecular weight excluding hydrogens is 376 g/mol. The Labute approximate surface area is 169 Å². The molecular formula is C22H24O7. The largest absolute Gasteiger partial charge is 0.504 e. The summed E-state index contributed by atoms with van der Waals surface area (Å²) in [5.41, 5.74) is 2.06. The Morgan fingerprint density at radius 3 is 2.55 bits per heavy atom. The van der Waals surface area contributed by atoms with Crippen LogP contribution in [0.25, 0.3) is 6.08 Å². The van der Waals surface area contributed by atoms with Crippen LogP contribution in [0.5, 0.6) is 23.0 Å². The average Bonchev–Trinajstić information content (AvgIpc) is 3.06. The third kappa shape index (κ3) is 4.30. The zero-order valence-corrected chi connectivity index (χ0v) is 16.8. The molecule has 2 atom stereocenters. The van der Waals surface area contributed by atoms with Crippen LogP contribution in [0, 0.1) is 0 Å². The van der Waals surface area contributed by atoms with Crippen molar-refractivity contribution in [2.45, 2.75) is 19.1 Å². The lowest BCUT2D eigenvalue weighted by Gasteiger charge is -2.20. The van der Waals surface area contributed by atoms with Crippen molar-refractivity contribution in [2.24, 2.45) is 0 Å². The van der Waals surface area contributed by atoms with Crippen LogP contribution in [-0.4, -0.2) is 39.0 Å². The predicted molar refractivity (Wildman–Crippen MR) is 106 cm³/mol. The van der Waals surface area contributed by atoms with Crippen LogP contribution in [0.3, 0.4) is 0 Å². The van der Waals surface area contributed by atoms with E-state index in [0.717, 1.165) is 11.1 Å². The molecule has 0 fully saturated rings. The molecule has 0 aliphatic carbocycles. The summed E-state index contributed by atoms with van der Waals surface area (Å²) in [6.07, 6.45) is 2.28. The van der Waals surface area contributed by atoms with Crippen LogP contribution in [0.1, 0.15) is 35.8 Å². The van der Waals surface area contributed by atoms with E-state index in [4.69, 9.17) is 23.7 Å². The highest BCUT2D eigenvalue weighted by Crippen LogP contribution is 2.52. The van der Waals surface area contributed by atoms with Gasteiger partial charge in [-0.05, 0) is 29.8 Å². The van der Waals surface area contributed by atoms with Gasteiger partial charge in [0.2, 0.25) is 0 Å². The van der Waals surface area contributed by atoms with Crippen LogP contribution >= 0.6 is 0 Å². The van der Waals surface area contributed by atoms with E-state index < -0.39 is 18.2 Å². The maximum Gasteiger partial charge on any atom is 0.303 e. The molecule has 7 nitrogen and oxygen atoms in total. The van der Waals surface area contributed by atoms with Crippen molar-refractivity contribution in [1.82, 2.24) is 0 Å². The molecule has 29 heavy (non-hydrogen) atoms. The Hall–Kier alpha value is -3.19. The molecule has 1 heterocycles. The predicted octanol–water partition coefficient (Wildman–Crippen LogP) is 3.81. The van der Waals surface area contributed by atoms with Crippen molar-refractivity contribution in [3.05, 3.63) is 53.1 Å². The Kier molecular flexibility index (Phi) is 6.29. The lowest BCUT2D eigenvalue weighted by atomic mass is 9.98. The van der Waals surface area contributed by atoms with Crippen molar-refractivity contribution in [2.75, 3.05) is 27.9 Å². The molecule has 0 unspecified atom stereocenters. The van der Waals surface area contributed by atoms with Crippen LogP contribution < -0.4 is 14.2 Å². The van der Waals surface area contributed by atoms with Gasteiger partial charge in [-0.2, -0.15) is 0 Å². The summed E-state index contributed by atoms with van der Waals surface area (Å²) < 4.78 is 27.3. The summed E-state index contributed by atoms with van der Waals surface area (Å²) >= 11 is 0. The molecule has 0 saturated carbocycles. The fraction of sp³-hybridized carbons (Fsp3) is 0.318. The fourth-order valence-electron chi connectivity index (χ4n) is 3.30. The highest BCUT2D eigenvalue weighted by molar-refractivity contribution is 5.68. The van der Waals surface area contributed by atoms with Gasteiger partial charge in [-0.3, -0.25) is 4.79 Å². The molecule has 1 aliphatic heterocycles. The number of hydrogen-bond donors (Lipinski definition) is 1. The number of hydrogen-bond acceptors (Lipinski definition) is 7. The Morgan fingerprint density at radius 2 is 1.90 bits per heavy atom. The summed E-state index contributed by atoms with van der Waals surface area (Å²) in [4.78, 5) is 11.8. The lowest BCUT2D eigenvalue weighted by Crippen LogP contribution is -2.15. The van der Waals surface area contributed by atoms with Crippen molar-refractivity contribution >= 4 is 12.0 Å². The molecule has 1 N–H and O–H groups in total. The number of fused-ring (bicyclic) bond motifs is 1. The molecule has 0 spiro atoms. The molecule has 3 rings (SSSR count). The summed E-state index contributed by atoms with van der Waals surface area (Å²) in [6, 6.07) is 8.75. The molecule has 2 aromatic rings. The van der Waals surface area contributed by atoms with Crippen LogP contribution in [0.4, 0.5) is 0 Å². The van der Waals surface area contributed by atoms with E-state index >= 15 is 0 Å². The molecule has 1 aliphatic rings. The first-order valence-corrected chi connectivity index (χ1v) is 9.06. The highest BCUT2D eigenvalue weighted by atomic mass is 16.6. The summed E-state index contributed by atoms with van der Waals surface area (Å²) in [5, 5.41) is 10.5. The first kappa shape index (κ1) is 20.5. The number of phenols is 1. The fourth-order valence-corrected chi connectivity index (χ4v) is 3.30. The van der Waals surface area contributed by atoms with E-state index in [-0.39, 0.29) is 5.75 Å². The van der Waals surface area contributed by atoms with Gasteiger partial charge in [-0.15, -0.1) is 0 Å². The quantitative estimate of drug-likeness (QED) is 0.708. The first-order chi connectivity index (χ1) is 14.0. The zero-order valence-electron chi connectivity index (χ0n) is 16.8. The maximum atomic E-state index is 11.8. The van der Waals surface area contributed by atoms with Gasteiger partial charge in [0.05, 0.1) is 20.8 Å². The smallest absolute Gasteiger partial charge is 0.303 e. The van der Waals surface area contributed by atoms with Crippen molar-refractivity contribution in [3.8, 4) is 23.0 Å². The molecule has 0 aromatic heterocycles. The zero-order chi connectivity index (χ0) is 21.0. The van der Waals surface area contributed by atoms with Gasteiger partial charge >= 0.3 is 5.97 Å². The van der Waals surface area contributed by atoms with Gasteiger partial charge in [0.25, 0.3) is 0 Å². The SMILES string of the molecule is COC/C=C/c1cc(O)c2c(c1)[C@H](OC(C)=O)[C@@H](c1ccc(OC)c(OC)c1)O2.